The number of carbonyl (C=O) groups is 1. The molecule has 1 amide bonds. The highest BCUT2D eigenvalue weighted by Gasteiger charge is 2.36. The molecule has 0 saturated carbocycles. The summed E-state index contributed by atoms with van der Waals surface area (Å²) in [6.07, 6.45) is 8.91. The molecule has 4 rings (SSSR count). The molecule has 0 aromatic carbocycles. The number of allylic oxidation sites excluding steroid dienone is 2. The topological polar surface area (TPSA) is 92.9 Å². The molecule has 0 aliphatic heterocycles. The molecule has 2 aromatic heterocycles. The van der Waals surface area contributed by atoms with Crippen LogP contribution >= 0.6 is 0 Å². The van der Waals surface area contributed by atoms with Gasteiger partial charge < -0.3 is 10.4 Å². The van der Waals surface area contributed by atoms with Crippen LogP contribution in [-0.4, -0.2) is 43.4 Å². The largest absolute Gasteiger partial charge is 0.394 e. The van der Waals surface area contributed by atoms with Gasteiger partial charge in [0, 0.05) is 18.0 Å². The van der Waals surface area contributed by atoms with E-state index in [1.54, 1.807) is 23.3 Å². The fourth-order valence-electron chi connectivity index (χ4n) is 3.94. The summed E-state index contributed by atoms with van der Waals surface area (Å²) in [5.74, 6) is 0.368. The monoisotopic (exact) mass is 367 g/mol. The highest BCUT2D eigenvalue weighted by atomic mass is 16.3. The van der Waals surface area contributed by atoms with Crippen molar-refractivity contribution in [2.75, 3.05) is 6.61 Å². The summed E-state index contributed by atoms with van der Waals surface area (Å²) in [7, 11) is 0. The van der Waals surface area contributed by atoms with Crippen LogP contribution in [0.5, 0.6) is 0 Å². The molecule has 0 radical (unpaired) electrons. The Kier molecular flexibility index (Phi) is 4.34. The minimum absolute atomic E-state index is 0.114. The lowest BCUT2D eigenvalue weighted by molar-refractivity contribution is 0.0842. The van der Waals surface area contributed by atoms with Crippen molar-refractivity contribution in [3.63, 3.8) is 0 Å². The van der Waals surface area contributed by atoms with Gasteiger partial charge in [0.15, 0.2) is 11.5 Å². The lowest BCUT2D eigenvalue weighted by Crippen LogP contribution is -2.46. The average molecular weight is 367 g/mol. The second-order valence-electron chi connectivity index (χ2n) is 8.34. The van der Waals surface area contributed by atoms with Crippen molar-refractivity contribution in [3.05, 3.63) is 41.1 Å². The summed E-state index contributed by atoms with van der Waals surface area (Å²) in [5, 5.41) is 17.3. The van der Waals surface area contributed by atoms with E-state index in [1.165, 1.54) is 11.1 Å². The van der Waals surface area contributed by atoms with Crippen molar-refractivity contribution in [2.24, 2.45) is 5.41 Å². The van der Waals surface area contributed by atoms with Crippen molar-refractivity contribution in [1.29, 1.82) is 0 Å². The summed E-state index contributed by atoms with van der Waals surface area (Å²) in [6.45, 7) is 5.86. The first-order chi connectivity index (χ1) is 12.9. The fourth-order valence-corrected chi connectivity index (χ4v) is 3.94. The first-order valence-electron chi connectivity index (χ1n) is 9.41. The number of fused-ring (bicyclic) bond motifs is 2. The number of amides is 1. The summed E-state index contributed by atoms with van der Waals surface area (Å²) in [4.78, 5) is 21.6. The summed E-state index contributed by atoms with van der Waals surface area (Å²) >= 11 is 0. The lowest BCUT2D eigenvalue weighted by atomic mass is 9.87. The van der Waals surface area contributed by atoms with Gasteiger partial charge in [0.05, 0.1) is 24.5 Å². The van der Waals surface area contributed by atoms with Gasteiger partial charge in [-0.15, -0.1) is 0 Å². The minimum Gasteiger partial charge on any atom is -0.394 e. The van der Waals surface area contributed by atoms with Gasteiger partial charge in [0.2, 0.25) is 0 Å². The molecule has 2 aromatic rings. The Hall–Kier alpha value is -2.54. The quantitative estimate of drug-likeness (QED) is 0.865. The van der Waals surface area contributed by atoms with Crippen molar-refractivity contribution in [1.82, 2.24) is 25.1 Å². The molecular weight excluding hydrogens is 342 g/mol. The average Bonchev–Trinajstić information content (AvgIpc) is 3.30. The molecule has 2 N–H and O–H groups in total. The number of carbonyl (C=O) groups excluding carboxylic acids is 1. The summed E-state index contributed by atoms with van der Waals surface area (Å²) in [6, 6.07) is -0.344. The number of aliphatic hydroxyl groups excluding tert-OH is 1. The number of nitrogens with one attached hydrogen (secondary N) is 1. The Morgan fingerprint density at radius 1 is 1.33 bits per heavy atom. The maximum atomic E-state index is 13.0. The van der Waals surface area contributed by atoms with Crippen LogP contribution < -0.4 is 5.32 Å². The molecule has 2 heterocycles. The standard InChI is InChI=1S/C20H25N5O2/c1-20(2,3)15(11-26)23-19(27)17-14-9-12-5-4-6-13(12)18(14)25(24-17)16-10-21-7-8-22-16/h7-8,10,15,26H,4-6,9,11H2,1-3H3,(H,23,27)/t15-/m1/s1. The van der Waals surface area contributed by atoms with Crippen molar-refractivity contribution < 1.29 is 9.90 Å². The third-order valence-electron chi connectivity index (χ3n) is 5.51. The maximum absolute atomic E-state index is 13.0. The van der Waals surface area contributed by atoms with Gasteiger partial charge >= 0.3 is 0 Å². The number of aliphatic hydroxyl groups is 1. The van der Waals surface area contributed by atoms with E-state index in [0.717, 1.165) is 36.9 Å². The Labute approximate surface area is 158 Å². The number of hydrogen-bond donors (Lipinski definition) is 2. The summed E-state index contributed by atoms with van der Waals surface area (Å²) < 4.78 is 1.76. The number of nitrogens with zero attached hydrogens (tertiary/aromatic N) is 4. The third kappa shape index (κ3) is 3.06. The van der Waals surface area contributed by atoms with Crippen LogP contribution in [0.1, 0.15) is 61.8 Å². The fraction of sp³-hybridized carbons (Fsp3) is 0.500. The molecule has 7 nitrogen and oxygen atoms in total. The Morgan fingerprint density at radius 2 is 2.15 bits per heavy atom. The van der Waals surface area contributed by atoms with Crippen LogP contribution in [-0.2, 0) is 6.42 Å². The van der Waals surface area contributed by atoms with Crippen LogP contribution in [0.25, 0.3) is 11.4 Å². The molecule has 0 bridgehead atoms. The van der Waals surface area contributed by atoms with Crippen molar-refractivity contribution in [2.45, 2.75) is 52.5 Å². The zero-order valence-corrected chi connectivity index (χ0v) is 16.0. The molecule has 2 aliphatic rings. The van der Waals surface area contributed by atoms with E-state index < -0.39 is 0 Å². The van der Waals surface area contributed by atoms with E-state index >= 15 is 0 Å². The van der Waals surface area contributed by atoms with E-state index in [-0.39, 0.29) is 24.0 Å². The predicted molar refractivity (Wildman–Crippen MR) is 101 cm³/mol. The van der Waals surface area contributed by atoms with Crippen LogP contribution in [0.3, 0.4) is 0 Å². The Bertz CT molecular complexity index is 908. The molecule has 7 heteroatoms. The van der Waals surface area contributed by atoms with Gasteiger partial charge in [0.1, 0.15) is 0 Å². The Morgan fingerprint density at radius 3 is 2.81 bits per heavy atom. The molecule has 27 heavy (non-hydrogen) atoms. The predicted octanol–water partition coefficient (Wildman–Crippen LogP) is 2.29. The van der Waals surface area contributed by atoms with Gasteiger partial charge in [-0.3, -0.25) is 9.78 Å². The van der Waals surface area contributed by atoms with Crippen LogP contribution in [0, 0.1) is 5.41 Å². The molecule has 0 fully saturated rings. The highest BCUT2D eigenvalue weighted by molar-refractivity contribution is 5.97. The van der Waals surface area contributed by atoms with E-state index in [1.807, 2.05) is 20.8 Å². The second-order valence-corrected chi connectivity index (χ2v) is 8.34. The number of aromatic nitrogens is 4. The molecule has 2 aliphatic carbocycles. The zero-order valence-electron chi connectivity index (χ0n) is 16.0. The van der Waals surface area contributed by atoms with Crippen LogP contribution in [0.4, 0.5) is 0 Å². The lowest BCUT2D eigenvalue weighted by Gasteiger charge is -2.29. The van der Waals surface area contributed by atoms with Gasteiger partial charge in [-0.05, 0) is 36.7 Å². The van der Waals surface area contributed by atoms with Crippen molar-refractivity contribution >= 4 is 11.5 Å². The zero-order chi connectivity index (χ0) is 19.2. The Balaban J connectivity index is 1.75. The van der Waals surface area contributed by atoms with E-state index in [9.17, 15) is 9.90 Å². The molecule has 142 valence electrons. The number of rotatable bonds is 4. The molecule has 0 saturated heterocycles. The molecular formula is C20H25N5O2. The molecule has 0 unspecified atom stereocenters. The molecule has 0 spiro atoms. The van der Waals surface area contributed by atoms with E-state index in [0.29, 0.717) is 11.5 Å². The highest BCUT2D eigenvalue weighted by Crippen LogP contribution is 2.44. The SMILES string of the molecule is CC(C)(C)[C@@H](CO)NC(=O)c1nn(-c2cnccn2)c2c1CC1=C2CCC1. The normalized spacial score (nSPS) is 17.0. The maximum Gasteiger partial charge on any atom is 0.272 e. The minimum atomic E-state index is -0.344. The van der Waals surface area contributed by atoms with Gasteiger partial charge in [-0.25, -0.2) is 9.67 Å². The second kappa shape index (κ2) is 6.56. The number of hydrogen-bond acceptors (Lipinski definition) is 5. The van der Waals surface area contributed by atoms with Gasteiger partial charge in [-0.2, -0.15) is 5.10 Å². The first kappa shape index (κ1) is 17.9. The summed E-state index contributed by atoms with van der Waals surface area (Å²) in [5.41, 5.74) is 4.85. The van der Waals surface area contributed by atoms with Crippen LogP contribution in [0.15, 0.2) is 24.2 Å². The van der Waals surface area contributed by atoms with Gasteiger partial charge in [0.25, 0.3) is 5.91 Å². The van der Waals surface area contributed by atoms with Gasteiger partial charge in [-0.1, -0.05) is 26.3 Å². The van der Waals surface area contributed by atoms with E-state index in [2.05, 4.69) is 20.4 Å². The first-order valence-corrected chi connectivity index (χ1v) is 9.41. The van der Waals surface area contributed by atoms with E-state index in [4.69, 9.17) is 0 Å². The smallest absolute Gasteiger partial charge is 0.272 e. The van der Waals surface area contributed by atoms with Crippen molar-refractivity contribution in [3.8, 4) is 5.82 Å². The molecule has 1 atom stereocenters. The van der Waals surface area contributed by atoms with Crippen LogP contribution in [0.2, 0.25) is 0 Å². The third-order valence-corrected chi connectivity index (χ3v) is 5.51.